The Morgan fingerprint density at radius 2 is 1.65 bits per heavy atom. The van der Waals surface area contributed by atoms with Crippen LogP contribution in [-0.2, 0) is 16.6 Å². The monoisotopic (exact) mass is 387 g/mol. The molecule has 2 aromatic carbocycles. The summed E-state index contributed by atoms with van der Waals surface area (Å²) in [6.45, 7) is 0.0556. The minimum atomic E-state index is -3.38. The summed E-state index contributed by atoms with van der Waals surface area (Å²) in [7, 11) is -1.97. The Labute approximate surface area is 148 Å². The second-order valence-electron chi connectivity index (χ2n) is 5.43. The molecule has 2 aromatic rings. The van der Waals surface area contributed by atoms with Crippen molar-refractivity contribution in [3.8, 4) is 0 Å². The van der Waals surface area contributed by atoms with Gasteiger partial charge in [-0.25, -0.2) is 26.4 Å². The van der Waals surface area contributed by atoms with Crippen molar-refractivity contribution in [2.45, 2.75) is 6.54 Å². The first-order valence-corrected chi connectivity index (χ1v) is 9.15. The molecule has 0 saturated heterocycles. The quantitative estimate of drug-likeness (QED) is 0.775. The highest BCUT2D eigenvalue weighted by molar-refractivity contribution is 7.92. The van der Waals surface area contributed by atoms with Gasteiger partial charge in [0.25, 0.3) is 0 Å². The third kappa shape index (κ3) is 4.66. The summed E-state index contributed by atoms with van der Waals surface area (Å²) < 4.78 is 63.5. The van der Waals surface area contributed by atoms with Gasteiger partial charge in [0, 0.05) is 13.6 Å². The number of sulfonamides is 1. The van der Waals surface area contributed by atoms with Crippen LogP contribution in [0.3, 0.4) is 0 Å². The second kappa shape index (κ2) is 7.65. The van der Waals surface area contributed by atoms with E-state index >= 15 is 0 Å². The Morgan fingerprint density at radius 1 is 1.04 bits per heavy atom. The van der Waals surface area contributed by atoms with Crippen LogP contribution in [0.5, 0.6) is 0 Å². The van der Waals surface area contributed by atoms with Crippen LogP contribution in [-0.4, -0.2) is 27.8 Å². The van der Waals surface area contributed by atoms with Gasteiger partial charge in [0.2, 0.25) is 10.0 Å². The fraction of sp³-hybridized carbons (Fsp3) is 0.188. The largest absolute Gasteiger partial charge is 0.334 e. The number of halogens is 3. The first-order chi connectivity index (χ1) is 12.1. The maximum Gasteiger partial charge on any atom is 0.319 e. The van der Waals surface area contributed by atoms with E-state index in [2.05, 4.69) is 10.6 Å². The molecule has 2 rings (SSSR count). The van der Waals surface area contributed by atoms with E-state index in [9.17, 15) is 26.4 Å². The number of anilines is 2. The Morgan fingerprint density at radius 3 is 2.23 bits per heavy atom. The standard InChI is InChI=1S/C16H16F3N3O3S/c1-22(26(2,24)25)11-5-3-10(4-6-11)9-20-16(23)21-13-8-7-12(17)14(18)15(13)19/h3-8H,9H2,1-2H3,(H2,20,21,23). The number of urea groups is 1. The van der Waals surface area contributed by atoms with Crippen LogP contribution in [0, 0.1) is 17.5 Å². The van der Waals surface area contributed by atoms with Crippen LogP contribution in [0.25, 0.3) is 0 Å². The highest BCUT2D eigenvalue weighted by atomic mass is 32.2. The number of hydrogen-bond acceptors (Lipinski definition) is 3. The van der Waals surface area contributed by atoms with Crippen LogP contribution in [0.4, 0.5) is 29.3 Å². The lowest BCUT2D eigenvalue weighted by atomic mass is 10.2. The summed E-state index contributed by atoms with van der Waals surface area (Å²) in [5.41, 5.74) is 0.604. The minimum Gasteiger partial charge on any atom is -0.334 e. The lowest BCUT2D eigenvalue weighted by Gasteiger charge is -2.16. The summed E-state index contributed by atoms with van der Waals surface area (Å²) in [4.78, 5) is 11.7. The lowest BCUT2D eigenvalue weighted by Crippen LogP contribution is -2.29. The predicted molar refractivity (Wildman–Crippen MR) is 91.9 cm³/mol. The molecule has 0 fully saturated rings. The summed E-state index contributed by atoms with van der Waals surface area (Å²) in [6, 6.07) is 7.13. The number of benzene rings is 2. The summed E-state index contributed by atoms with van der Waals surface area (Å²) in [5, 5.41) is 4.50. The topological polar surface area (TPSA) is 78.5 Å². The highest BCUT2D eigenvalue weighted by Crippen LogP contribution is 2.19. The molecule has 0 aromatic heterocycles. The van der Waals surface area contributed by atoms with E-state index in [0.29, 0.717) is 17.3 Å². The molecule has 0 unspecified atom stereocenters. The fourth-order valence-electron chi connectivity index (χ4n) is 1.99. The molecule has 0 atom stereocenters. The van der Waals surface area contributed by atoms with Gasteiger partial charge in [-0.1, -0.05) is 12.1 Å². The minimum absolute atomic E-state index is 0.0556. The van der Waals surface area contributed by atoms with Crippen molar-refractivity contribution in [3.05, 3.63) is 59.4 Å². The van der Waals surface area contributed by atoms with Gasteiger partial charge < -0.3 is 10.6 Å². The Kier molecular flexibility index (Phi) is 5.76. The number of hydrogen-bond donors (Lipinski definition) is 2. The van der Waals surface area contributed by atoms with Crippen molar-refractivity contribution >= 4 is 27.4 Å². The molecule has 140 valence electrons. The molecular formula is C16H16F3N3O3S. The number of carbonyl (C=O) groups excluding carboxylic acids is 1. The van der Waals surface area contributed by atoms with Crippen molar-refractivity contribution < 1.29 is 26.4 Å². The molecule has 2 amide bonds. The molecule has 0 bridgehead atoms. The SMILES string of the molecule is CN(c1ccc(CNC(=O)Nc2ccc(F)c(F)c2F)cc1)S(C)(=O)=O. The fourth-order valence-corrected chi connectivity index (χ4v) is 2.49. The Bertz CT molecular complexity index is 918. The van der Waals surface area contributed by atoms with Crippen molar-refractivity contribution in [1.29, 1.82) is 0 Å². The predicted octanol–water partition coefficient (Wildman–Crippen LogP) is 2.82. The highest BCUT2D eigenvalue weighted by Gasteiger charge is 2.15. The zero-order valence-corrected chi connectivity index (χ0v) is 14.7. The average molecular weight is 387 g/mol. The van der Waals surface area contributed by atoms with Crippen LogP contribution in [0.15, 0.2) is 36.4 Å². The number of amides is 2. The van der Waals surface area contributed by atoms with Crippen molar-refractivity contribution in [2.24, 2.45) is 0 Å². The van der Waals surface area contributed by atoms with Crippen LogP contribution < -0.4 is 14.9 Å². The number of nitrogens with one attached hydrogen (secondary N) is 2. The summed E-state index contributed by atoms with van der Waals surface area (Å²) in [6.07, 6.45) is 1.07. The number of nitrogens with zero attached hydrogens (tertiary/aromatic N) is 1. The van der Waals surface area contributed by atoms with Gasteiger partial charge >= 0.3 is 6.03 Å². The summed E-state index contributed by atoms with van der Waals surface area (Å²) >= 11 is 0. The average Bonchev–Trinajstić information content (AvgIpc) is 2.59. The van der Waals surface area contributed by atoms with Crippen LogP contribution in [0.1, 0.15) is 5.56 Å². The zero-order valence-electron chi connectivity index (χ0n) is 13.9. The molecule has 10 heteroatoms. The molecule has 0 aliphatic rings. The second-order valence-corrected chi connectivity index (χ2v) is 7.44. The van der Waals surface area contributed by atoms with Gasteiger partial charge in [0.1, 0.15) is 0 Å². The molecule has 6 nitrogen and oxygen atoms in total. The molecule has 0 heterocycles. The molecule has 26 heavy (non-hydrogen) atoms. The molecule has 0 aliphatic heterocycles. The molecular weight excluding hydrogens is 371 g/mol. The van der Waals surface area contributed by atoms with E-state index < -0.39 is 39.2 Å². The van der Waals surface area contributed by atoms with E-state index in [-0.39, 0.29) is 6.54 Å². The Balaban J connectivity index is 1.97. The van der Waals surface area contributed by atoms with Gasteiger partial charge in [-0.3, -0.25) is 4.31 Å². The van der Waals surface area contributed by atoms with Crippen LogP contribution >= 0.6 is 0 Å². The molecule has 2 N–H and O–H groups in total. The maximum absolute atomic E-state index is 13.5. The van der Waals surface area contributed by atoms with Gasteiger partial charge in [-0.15, -0.1) is 0 Å². The first kappa shape index (κ1) is 19.6. The normalized spacial score (nSPS) is 11.1. The van der Waals surface area contributed by atoms with E-state index in [4.69, 9.17) is 0 Å². The van der Waals surface area contributed by atoms with Crippen molar-refractivity contribution in [1.82, 2.24) is 5.32 Å². The maximum atomic E-state index is 13.5. The van der Waals surface area contributed by atoms with E-state index in [1.54, 1.807) is 24.3 Å². The van der Waals surface area contributed by atoms with E-state index in [1.165, 1.54) is 7.05 Å². The van der Waals surface area contributed by atoms with Gasteiger partial charge in [0.15, 0.2) is 17.5 Å². The van der Waals surface area contributed by atoms with Crippen molar-refractivity contribution in [3.63, 3.8) is 0 Å². The van der Waals surface area contributed by atoms with Gasteiger partial charge in [-0.05, 0) is 29.8 Å². The third-order valence-electron chi connectivity index (χ3n) is 3.53. The molecule has 0 radical (unpaired) electrons. The van der Waals surface area contributed by atoms with Crippen molar-refractivity contribution in [2.75, 3.05) is 22.9 Å². The number of carbonyl (C=O) groups is 1. The summed E-state index contributed by atoms with van der Waals surface area (Å²) in [5.74, 6) is -4.52. The van der Waals surface area contributed by atoms with Crippen LogP contribution in [0.2, 0.25) is 0 Å². The molecule has 0 aliphatic carbocycles. The van der Waals surface area contributed by atoms with Gasteiger partial charge in [0.05, 0.1) is 17.6 Å². The third-order valence-corrected chi connectivity index (χ3v) is 4.74. The van der Waals surface area contributed by atoms with E-state index in [1.807, 2.05) is 0 Å². The Hall–Kier alpha value is -2.75. The lowest BCUT2D eigenvalue weighted by molar-refractivity contribution is 0.251. The smallest absolute Gasteiger partial charge is 0.319 e. The zero-order chi connectivity index (χ0) is 19.5. The number of rotatable bonds is 5. The van der Waals surface area contributed by atoms with Gasteiger partial charge in [-0.2, -0.15) is 0 Å². The first-order valence-electron chi connectivity index (χ1n) is 7.31. The molecule has 0 spiro atoms. The van der Waals surface area contributed by atoms with E-state index in [0.717, 1.165) is 16.6 Å². The molecule has 0 saturated carbocycles.